The van der Waals surface area contributed by atoms with E-state index in [4.69, 9.17) is 0 Å². The third-order valence-corrected chi connectivity index (χ3v) is 6.69. The first-order valence-electron chi connectivity index (χ1n) is 10.00. The van der Waals surface area contributed by atoms with Crippen LogP contribution in [-0.4, -0.2) is 35.1 Å². The van der Waals surface area contributed by atoms with Crippen LogP contribution >= 0.6 is 0 Å². The molecule has 25 heavy (non-hydrogen) atoms. The van der Waals surface area contributed by atoms with Crippen molar-refractivity contribution in [3.05, 3.63) is 41.5 Å². The van der Waals surface area contributed by atoms with E-state index < -0.39 is 5.97 Å². The van der Waals surface area contributed by atoms with Crippen LogP contribution in [0.4, 0.5) is 0 Å². The van der Waals surface area contributed by atoms with Crippen LogP contribution in [0.3, 0.4) is 0 Å². The van der Waals surface area contributed by atoms with Crippen molar-refractivity contribution in [1.29, 1.82) is 0 Å². The van der Waals surface area contributed by atoms with Gasteiger partial charge in [0.15, 0.2) is 0 Å². The second kappa shape index (κ2) is 6.95. The van der Waals surface area contributed by atoms with Crippen LogP contribution in [-0.2, 0) is 10.2 Å². The number of aliphatic carboxylic acids is 1. The first-order chi connectivity index (χ1) is 12.2. The van der Waals surface area contributed by atoms with Crippen molar-refractivity contribution in [3.63, 3.8) is 0 Å². The van der Waals surface area contributed by atoms with E-state index in [1.165, 1.54) is 50.5 Å². The van der Waals surface area contributed by atoms with Gasteiger partial charge in [0.1, 0.15) is 0 Å². The molecule has 1 saturated heterocycles. The minimum atomic E-state index is -0.785. The number of benzene rings is 1. The largest absolute Gasteiger partial charge is 0.478 e. The van der Waals surface area contributed by atoms with Crippen LogP contribution in [0.5, 0.6) is 0 Å². The number of carbonyl (C=O) groups is 1. The average Bonchev–Trinajstić information content (AvgIpc) is 2.91. The molecule has 0 unspecified atom stereocenters. The van der Waals surface area contributed by atoms with Crippen molar-refractivity contribution in [3.8, 4) is 0 Å². The number of allylic oxidation sites excluding steroid dienone is 1. The predicted molar refractivity (Wildman–Crippen MR) is 101 cm³/mol. The molecule has 1 saturated carbocycles. The molecule has 1 heterocycles. The monoisotopic (exact) mass is 339 g/mol. The molecule has 0 radical (unpaired) electrons. The smallest absolute Gasteiger partial charge is 0.336 e. The highest BCUT2D eigenvalue weighted by Gasteiger charge is 2.42. The molecule has 1 aliphatic heterocycles. The van der Waals surface area contributed by atoms with Gasteiger partial charge in [-0.05, 0) is 49.9 Å². The van der Waals surface area contributed by atoms with Gasteiger partial charge >= 0.3 is 5.97 Å². The summed E-state index contributed by atoms with van der Waals surface area (Å²) >= 11 is 0. The Morgan fingerprint density at radius 3 is 2.32 bits per heavy atom. The van der Waals surface area contributed by atoms with Gasteiger partial charge in [-0.3, -0.25) is 0 Å². The number of piperidine rings is 1. The summed E-state index contributed by atoms with van der Waals surface area (Å²) in [5.41, 5.74) is 2.64. The van der Waals surface area contributed by atoms with Gasteiger partial charge in [-0.2, -0.15) is 0 Å². The Balaban J connectivity index is 1.52. The van der Waals surface area contributed by atoms with E-state index in [9.17, 15) is 9.90 Å². The van der Waals surface area contributed by atoms with Gasteiger partial charge in [0.2, 0.25) is 0 Å². The molecule has 1 spiro atoms. The topological polar surface area (TPSA) is 40.5 Å². The van der Waals surface area contributed by atoms with Gasteiger partial charge in [-0.1, -0.05) is 62.4 Å². The van der Waals surface area contributed by atoms with Gasteiger partial charge in [-0.15, -0.1) is 0 Å². The van der Waals surface area contributed by atoms with Crippen LogP contribution in [0.15, 0.2) is 30.3 Å². The summed E-state index contributed by atoms with van der Waals surface area (Å²) < 4.78 is 0. The number of nitrogens with zero attached hydrogens (tertiary/aromatic N) is 1. The zero-order valence-electron chi connectivity index (χ0n) is 15.0. The summed E-state index contributed by atoms with van der Waals surface area (Å²) in [6.07, 6.45) is 13.8. The molecule has 2 fully saturated rings. The Bertz CT molecular complexity index is 662. The first-order valence-corrected chi connectivity index (χ1v) is 10.00. The predicted octanol–water partition coefficient (Wildman–Crippen LogP) is 4.61. The number of rotatable bonds is 2. The summed E-state index contributed by atoms with van der Waals surface area (Å²) in [5, 5.41) is 9.61. The summed E-state index contributed by atoms with van der Waals surface area (Å²) in [4.78, 5) is 14.4. The Labute approximate surface area is 150 Å². The fraction of sp³-hybridized carbons (Fsp3) is 0.591. The third kappa shape index (κ3) is 3.15. The lowest BCUT2D eigenvalue weighted by Crippen LogP contribution is -2.46. The molecule has 134 valence electrons. The summed E-state index contributed by atoms with van der Waals surface area (Å²) in [6, 6.07) is 8.88. The van der Waals surface area contributed by atoms with Gasteiger partial charge in [-0.25, -0.2) is 4.79 Å². The molecular formula is C22H29NO2. The standard InChI is InChI=1S/C22H29NO2/c24-21(25)19-16-22(20-11-7-6-10-18(19)20)12-14-23(15-13-22)17-8-4-2-1-3-5-9-17/h6-7,10-11,16-17H,1-5,8-9,12-15H2,(H,24,25). The fourth-order valence-corrected chi connectivity index (χ4v) is 5.26. The maximum atomic E-state index is 11.7. The van der Waals surface area contributed by atoms with E-state index in [1.807, 2.05) is 12.1 Å². The van der Waals surface area contributed by atoms with E-state index in [0.717, 1.165) is 37.5 Å². The van der Waals surface area contributed by atoms with Gasteiger partial charge < -0.3 is 10.0 Å². The maximum Gasteiger partial charge on any atom is 0.336 e. The molecule has 1 aromatic rings. The molecule has 3 heteroatoms. The molecule has 2 aliphatic carbocycles. The van der Waals surface area contributed by atoms with Crippen molar-refractivity contribution in [1.82, 2.24) is 4.90 Å². The fourth-order valence-electron chi connectivity index (χ4n) is 5.26. The van der Waals surface area contributed by atoms with Crippen LogP contribution in [0.1, 0.15) is 68.9 Å². The molecule has 3 nitrogen and oxygen atoms in total. The number of hydrogen-bond acceptors (Lipinski definition) is 2. The van der Waals surface area contributed by atoms with Crippen molar-refractivity contribution < 1.29 is 9.90 Å². The SMILES string of the molecule is O=C(O)C1=CC2(CCN(C3CCCCCCC3)CC2)c2ccccc21. The lowest BCUT2D eigenvalue weighted by Gasteiger charge is -2.43. The number of fused-ring (bicyclic) bond motifs is 2. The summed E-state index contributed by atoms with van der Waals surface area (Å²) in [6.45, 7) is 2.20. The molecular weight excluding hydrogens is 310 g/mol. The summed E-state index contributed by atoms with van der Waals surface area (Å²) in [7, 11) is 0. The second-order valence-corrected chi connectivity index (χ2v) is 8.10. The van der Waals surface area contributed by atoms with Crippen molar-refractivity contribution in [2.75, 3.05) is 13.1 Å². The van der Waals surface area contributed by atoms with Crippen LogP contribution in [0.25, 0.3) is 5.57 Å². The number of carboxylic acid groups (broad SMARTS) is 1. The Hall–Kier alpha value is -1.61. The number of likely N-dealkylation sites (tertiary alicyclic amines) is 1. The van der Waals surface area contributed by atoms with Gasteiger partial charge in [0.05, 0.1) is 5.57 Å². The molecule has 0 amide bonds. The number of hydrogen-bond donors (Lipinski definition) is 1. The molecule has 4 rings (SSSR count). The molecule has 0 aromatic heterocycles. The first kappa shape index (κ1) is 16.8. The van der Waals surface area contributed by atoms with Crippen molar-refractivity contribution >= 4 is 11.5 Å². The third-order valence-electron chi connectivity index (χ3n) is 6.69. The molecule has 1 N–H and O–H groups in total. The van der Waals surface area contributed by atoms with Crippen molar-refractivity contribution in [2.24, 2.45) is 0 Å². The highest BCUT2D eigenvalue weighted by Crippen LogP contribution is 2.47. The second-order valence-electron chi connectivity index (χ2n) is 8.10. The molecule has 0 bridgehead atoms. The van der Waals surface area contributed by atoms with E-state index in [1.54, 1.807) is 0 Å². The quantitative estimate of drug-likeness (QED) is 0.855. The molecule has 1 aromatic carbocycles. The van der Waals surface area contributed by atoms with E-state index in [2.05, 4.69) is 23.1 Å². The molecule has 3 aliphatic rings. The van der Waals surface area contributed by atoms with E-state index in [0.29, 0.717) is 5.57 Å². The zero-order chi connectivity index (χ0) is 17.3. The lowest BCUT2D eigenvalue weighted by atomic mass is 9.74. The highest BCUT2D eigenvalue weighted by molar-refractivity contribution is 6.17. The van der Waals surface area contributed by atoms with Gasteiger partial charge in [0, 0.05) is 11.5 Å². The van der Waals surface area contributed by atoms with Crippen LogP contribution in [0.2, 0.25) is 0 Å². The zero-order valence-corrected chi connectivity index (χ0v) is 15.0. The Kier molecular flexibility index (Phi) is 4.68. The normalized spacial score (nSPS) is 24.4. The van der Waals surface area contributed by atoms with Crippen molar-refractivity contribution in [2.45, 2.75) is 69.2 Å². The maximum absolute atomic E-state index is 11.7. The minimum absolute atomic E-state index is 0.0531. The average molecular weight is 339 g/mol. The lowest BCUT2D eigenvalue weighted by molar-refractivity contribution is -0.130. The Morgan fingerprint density at radius 1 is 1.00 bits per heavy atom. The Morgan fingerprint density at radius 2 is 1.64 bits per heavy atom. The van der Waals surface area contributed by atoms with E-state index >= 15 is 0 Å². The highest BCUT2D eigenvalue weighted by atomic mass is 16.4. The minimum Gasteiger partial charge on any atom is -0.478 e. The van der Waals surface area contributed by atoms with Crippen LogP contribution < -0.4 is 0 Å². The van der Waals surface area contributed by atoms with Gasteiger partial charge in [0.25, 0.3) is 0 Å². The van der Waals surface area contributed by atoms with E-state index in [-0.39, 0.29) is 5.41 Å². The summed E-state index contributed by atoms with van der Waals surface area (Å²) in [5.74, 6) is -0.785. The number of carboxylic acids is 1. The molecule has 0 atom stereocenters. The van der Waals surface area contributed by atoms with Crippen LogP contribution in [0, 0.1) is 0 Å².